The quantitative estimate of drug-likeness (QED) is 0.400. The molecule has 31 heavy (non-hydrogen) atoms. The van der Waals surface area contributed by atoms with Gasteiger partial charge in [-0.3, -0.25) is 4.79 Å². The van der Waals surface area contributed by atoms with Crippen LogP contribution in [-0.4, -0.2) is 55.7 Å². The summed E-state index contributed by atoms with van der Waals surface area (Å²) in [5, 5.41) is 0.102. The van der Waals surface area contributed by atoms with Crippen molar-refractivity contribution >= 4 is 20.4 Å². The van der Waals surface area contributed by atoms with Gasteiger partial charge in [-0.05, 0) is 78.9 Å². The van der Waals surface area contributed by atoms with Gasteiger partial charge in [0.25, 0.3) is 0 Å². The maximum atomic E-state index is 12.8. The summed E-state index contributed by atoms with van der Waals surface area (Å²) in [6, 6.07) is 0. The van der Waals surface area contributed by atoms with Gasteiger partial charge >= 0.3 is 12.1 Å². The highest BCUT2D eigenvalue weighted by molar-refractivity contribution is 6.74. The number of rotatable bonds is 3. The van der Waals surface area contributed by atoms with E-state index in [4.69, 9.17) is 13.9 Å². The zero-order chi connectivity index (χ0) is 24.0. The van der Waals surface area contributed by atoms with Crippen molar-refractivity contribution in [3.8, 4) is 0 Å². The zero-order valence-corrected chi connectivity index (χ0v) is 22.7. The van der Waals surface area contributed by atoms with E-state index < -0.39 is 19.5 Å². The summed E-state index contributed by atoms with van der Waals surface area (Å²) in [5.41, 5.74) is -1.24. The van der Waals surface area contributed by atoms with Crippen LogP contribution < -0.4 is 0 Å². The Morgan fingerprint density at radius 1 is 0.903 bits per heavy atom. The molecular weight excluding hydrogens is 410 g/mol. The summed E-state index contributed by atoms with van der Waals surface area (Å²) in [5.74, 6) is -0.276. The Bertz CT molecular complexity index is 678. The zero-order valence-electron chi connectivity index (χ0n) is 21.7. The highest BCUT2D eigenvalue weighted by atomic mass is 28.4. The summed E-state index contributed by atoms with van der Waals surface area (Å²) < 4.78 is 18.1. The van der Waals surface area contributed by atoms with E-state index in [1.807, 2.05) is 46.4 Å². The van der Waals surface area contributed by atoms with E-state index in [2.05, 4.69) is 33.9 Å². The second kappa shape index (κ2) is 8.36. The molecule has 0 aromatic heterocycles. The molecule has 2 aliphatic rings. The number of esters is 1. The molecule has 2 rings (SSSR count). The van der Waals surface area contributed by atoms with E-state index >= 15 is 0 Å². The molecular formula is C24H45NO5Si. The SMILES string of the molecule is CC(C)(C)OC(=O)C1CC2(C1)CN(C(=O)OC(C)(C)C)CCC2O[Si](C)(C)C(C)(C)C. The molecule has 1 unspecified atom stereocenters. The van der Waals surface area contributed by atoms with E-state index in [1.54, 1.807) is 0 Å². The predicted molar refractivity (Wildman–Crippen MR) is 125 cm³/mol. The van der Waals surface area contributed by atoms with Gasteiger partial charge in [0.1, 0.15) is 11.2 Å². The monoisotopic (exact) mass is 455 g/mol. The minimum absolute atomic E-state index is 0.0470. The van der Waals surface area contributed by atoms with Gasteiger partial charge in [-0.2, -0.15) is 0 Å². The molecule has 1 saturated heterocycles. The molecule has 7 heteroatoms. The fourth-order valence-electron chi connectivity index (χ4n) is 4.20. The van der Waals surface area contributed by atoms with Crippen LogP contribution in [0, 0.1) is 11.3 Å². The molecule has 0 bridgehead atoms. The van der Waals surface area contributed by atoms with E-state index in [1.165, 1.54) is 0 Å². The van der Waals surface area contributed by atoms with Crippen LogP contribution in [0.4, 0.5) is 4.79 Å². The highest BCUT2D eigenvalue weighted by Gasteiger charge is 2.58. The number of ether oxygens (including phenoxy) is 2. The molecule has 2 fully saturated rings. The Morgan fingerprint density at radius 3 is 1.87 bits per heavy atom. The van der Waals surface area contributed by atoms with Gasteiger partial charge in [-0.25, -0.2) is 4.79 Å². The number of hydrogen-bond donors (Lipinski definition) is 0. The molecule has 1 spiro atoms. The fraction of sp³-hybridized carbons (Fsp3) is 0.917. The molecule has 180 valence electrons. The number of carbonyl (C=O) groups is 2. The smallest absolute Gasteiger partial charge is 0.410 e. The number of nitrogens with zero attached hydrogens (tertiary/aromatic N) is 1. The Labute approximate surface area is 190 Å². The summed E-state index contributed by atoms with van der Waals surface area (Å²) in [6.07, 6.45) is 1.93. The predicted octanol–water partition coefficient (Wildman–Crippen LogP) is 5.76. The lowest BCUT2D eigenvalue weighted by molar-refractivity contribution is -0.177. The van der Waals surface area contributed by atoms with Crippen LogP contribution >= 0.6 is 0 Å². The van der Waals surface area contributed by atoms with Crippen LogP contribution in [0.1, 0.15) is 81.6 Å². The minimum atomic E-state index is -1.99. The fourth-order valence-corrected chi connectivity index (χ4v) is 5.64. The van der Waals surface area contributed by atoms with Gasteiger partial charge in [0.15, 0.2) is 8.32 Å². The van der Waals surface area contributed by atoms with Crippen LogP contribution in [0.15, 0.2) is 0 Å². The maximum absolute atomic E-state index is 12.8. The average Bonchev–Trinajstić information content (AvgIpc) is 2.48. The van der Waals surface area contributed by atoms with Crippen LogP contribution in [0.25, 0.3) is 0 Å². The lowest BCUT2D eigenvalue weighted by Crippen LogP contribution is -2.63. The minimum Gasteiger partial charge on any atom is -0.460 e. The van der Waals surface area contributed by atoms with Gasteiger partial charge in [0.05, 0.1) is 12.0 Å². The first-order valence-corrected chi connectivity index (χ1v) is 14.5. The van der Waals surface area contributed by atoms with Crippen molar-refractivity contribution in [1.29, 1.82) is 0 Å². The third-order valence-corrected chi connectivity index (χ3v) is 11.3. The maximum Gasteiger partial charge on any atom is 0.410 e. The Morgan fingerprint density at radius 2 is 1.42 bits per heavy atom. The molecule has 1 heterocycles. The molecule has 0 radical (unpaired) electrons. The summed E-state index contributed by atoms with van der Waals surface area (Å²) in [4.78, 5) is 27.2. The van der Waals surface area contributed by atoms with E-state index in [9.17, 15) is 9.59 Å². The van der Waals surface area contributed by atoms with Crippen LogP contribution in [0.5, 0.6) is 0 Å². The topological polar surface area (TPSA) is 65.1 Å². The molecule has 1 aliphatic carbocycles. The van der Waals surface area contributed by atoms with Gasteiger partial charge in [0, 0.05) is 18.5 Å². The van der Waals surface area contributed by atoms with Gasteiger partial charge < -0.3 is 18.8 Å². The summed E-state index contributed by atoms with van der Waals surface area (Å²) >= 11 is 0. The van der Waals surface area contributed by atoms with Crippen LogP contribution in [-0.2, 0) is 18.7 Å². The molecule has 1 atom stereocenters. The van der Waals surface area contributed by atoms with E-state index in [0.29, 0.717) is 25.9 Å². The Kier molecular flexibility index (Phi) is 7.06. The first kappa shape index (κ1) is 26.2. The lowest BCUT2D eigenvalue weighted by Gasteiger charge is -2.58. The van der Waals surface area contributed by atoms with Crippen molar-refractivity contribution in [2.75, 3.05) is 13.1 Å². The average molecular weight is 456 g/mol. The number of amides is 1. The Hall–Kier alpha value is -1.08. The van der Waals surface area contributed by atoms with Crippen LogP contribution in [0.2, 0.25) is 18.1 Å². The van der Waals surface area contributed by atoms with Gasteiger partial charge in [-0.1, -0.05) is 20.8 Å². The highest BCUT2D eigenvalue weighted by Crippen LogP contribution is 2.54. The Balaban J connectivity index is 2.20. The summed E-state index contributed by atoms with van der Waals surface area (Å²) in [6.45, 7) is 23.8. The normalized spacial score (nSPS) is 27.6. The van der Waals surface area contributed by atoms with Crippen molar-refractivity contribution < 1.29 is 23.5 Å². The third-order valence-electron chi connectivity index (χ3n) is 6.79. The summed E-state index contributed by atoms with van der Waals surface area (Å²) in [7, 11) is -1.99. The second-order valence-electron chi connectivity index (χ2n) is 13.1. The molecule has 0 aromatic rings. The molecule has 6 nitrogen and oxygen atoms in total. The van der Waals surface area contributed by atoms with Crippen molar-refractivity contribution in [2.24, 2.45) is 11.3 Å². The number of carbonyl (C=O) groups excluding carboxylic acids is 2. The molecule has 1 aliphatic heterocycles. The molecule has 0 aromatic carbocycles. The lowest BCUT2D eigenvalue weighted by atomic mass is 9.57. The third kappa shape index (κ3) is 6.47. The van der Waals surface area contributed by atoms with E-state index in [-0.39, 0.29) is 34.5 Å². The standard InChI is InChI=1S/C24H45NO5Si/c1-21(2,3)28-19(26)17-14-24(15-17)16-25(20(27)29-22(4,5)6)13-12-18(24)30-31(10,11)23(7,8)9/h17-18H,12-16H2,1-11H3. The number of hydrogen-bond acceptors (Lipinski definition) is 5. The first-order valence-electron chi connectivity index (χ1n) is 11.6. The molecule has 0 N–H and O–H groups in total. The molecule has 1 amide bonds. The number of likely N-dealkylation sites (tertiary alicyclic amines) is 1. The van der Waals surface area contributed by atoms with Crippen molar-refractivity contribution in [3.05, 3.63) is 0 Å². The van der Waals surface area contributed by atoms with Crippen molar-refractivity contribution in [2.45, 2.75) is 117 Å². The number of piperidine rings is 1. The van der Waals surface area contributed by atoms with Crippen molar-refractivity contribution in [3.63, 3.8) is 0 Å². The van der Waals surface area contributed by atoms with Gasteiger partial charge in [-0.15, -0.1) is 0 Å². The van der Waals surface area contributed by atoms with Gasteiger partial charge in [0.2, 0.25) is 0 Å². The second-order valence-corrected chi connectivity index (χ2v) is 17.8. The van der Waals surface area contributed by atoms with Crippen molar-refractivity contribution in [1.82, 2.24) is 4.90 Å². The van der Waals surface area contributed by atoms with Crippen LogP contribution in [0.3, 0.4) is 0 Å². The largest absolute Gasteiger partial charge is 0.460 e. The first-order chi connectivity index (χ1) is 13.7. The van der Waals surface area contributed by atoms with E-state index in [0.717, 1.165) is 6.42 Å². The molecule has 1 saturated carbocycles.